The van der Waals surface area contributed by atoms with Crippen molar-refractivity contribution in [3.05, 3.63) is 34.6 Å². The topological polar surface area (TPSA) is 63.2 Å². The summed E-state index contributed by atoms with van der Waals surface area (Å²) in [5.74, 6) is 0.895. The molecule has 3 rings (SSSR count). The van der Waals surface area contributed by atoms with Crippen LogP contribution < -0.4 is 0 Å². The van der Waals surface area contributed by atoms with Gasteiger partial charge in [-0.15, -0.1) is 0 Å². The number of hydrogen-bond acceptors (Lipinski definition) is 4. The van der Waals surface area contributed by atoms with Crippen molar-refractivity contribution in [3.8, 4) is 11.4 Å². The lowest BCUT2D eigenvalue weighted by molar-refractivity contribution is -0.138. The van der Waals surface area contributed by atoms with Gasteiger partial charge in [-0.2, -0.15) is 5.10 Å². The predicted molar refractivity (Wildman–Crippen MR) is 94.2 cm³/mol. The maximum absolute atomic E-state index is 12.4. The van der Waals surface area contributed by atoms with Gasteiger partial charge in [0.25, 0.3) is 0 Å². The number of aryl methyl sites for hydroxylation is 1. The molecule has 1 N–H and O–H groups in total. The highest BCUT2D eigenvalue weighted by atomic mass is 32.1. The van der Waals surface area contributed by atoms with Gasteiger partial charge < -0.3 is 9.64 Å². The fraction of sp³-hybridized carbons (Fsp3) is 0.471. The molecular weight excluding hydrogens is 324 g/mol. The van der Waals surface area contributed by atoms with E-state index in [0.717, 1.165) is 11.4 Å². The van der Waals surface area contributed by atoms with Crippen LogP contribution in [0.3, 0.4) is 0 Å². The number of aromatic amines is 1. The van der Waals surface area contributed by atoms with Crippen molar-refractivity contribution in [1.82, 2.24) is 19.7 Å². The summed E-state index contributed by atoms with van der Waals surface area (Å²) in [6.07, 6.45) is 0.501. The van der Waals surface area contributed by atoms with Gasteiger partial charge >= 0.3 is 0 Å². The molecule has 1 atom stereocenters. The standard InChI is InChI=1S/C17H22N4O2S/c1-12-3-5-14(6-4-12)16-18-19-17(24)21(16)8-7-15(22)20-9-10-23-13(2)11-20/h3-6,13H,7-11H2,1-2H3,(H,19,24)/t13-/m1/s1. The van der Waals surface area contributed by atoms with Crippen LogP contribution in [0.5, 0.6) is 0 Å². The Balaban J connectivity index is 1.71. The van der Waals surface area contributed by atoms with Gasteiger partial charge in [0.15, 0.2) is 10.6 Å². The summed E-state index contributed by atoms with van der Waals surface area (Å²) in [4.78, 5) is 14.3. The van der Waals surface area contributed by atoms with E-state index in [1.807, 2.05) is 47.6 Å². The second-order valence-electron chi connectivity index (χ2n) is 6.14. The molecule has 7 heteroatoms. The Morgan fingerprint density at radius 2 is 2.17 bits per heavy atom. The van der Waals surface area contributed by atoms with Gasteiger partial charge in [-0.05, 0) is 26.1 Å². The molecule has 0 aliphatic carbocycles. The van der Waals surface area contributed by atoms with Crippen LogP contribution in [0.15, 0.2) is 24.3 Å². The van der Waals surface area contributed by atoms with Crippen LogP contribution >= 0.6 is 12.2 Å². The number of amides is 1. The molecule has 24 heavy (non-hydrogen) atoms. The van der Waals surface area contributed by atoms with E-state index in [4.69, 9.17) is 17.0 Å². The largest absolute Gasteiger partial charge is 0.375 e. The molecule has 2 aromatic rings. The van der Waals surface area contributed by atoms with E-state index >= 15 is 0 Å². The second-order valence-corrected chi connectivity index (χ2v) is 6.53. The molecule has 1 aliphatic heterocycles. The van der Waals surface area contributed by atoms with Gasteiger partial charge in [0.05, 0.1) is 12.7 Å². The van der Waals surface area contributed by atoms with Crippen LogP contribution in [-0.4, -0.2) is 51.4 Å². The summed E-state index contributed by atoms with van der Waals surface area (Å²) in [5, 5.41) is 7.15. The summed E-state index contributed by atoms with van der Waals surface area (Å²) in [6, 6.07) is 8.11. The lowest BCUT2D eigenvalue weighted by Crippen LogP contribution is -2.44. The molecule has 0 saturated carbocycles. The van der Waals surface area contributed by atoms with E-state index in [1.54, 1.807) is 0 Å². The SMILES string of the molecule is Cc1ccc(-c2n[nH]c(=S)n2CCC(=O)N2CCO[C@H](C)C2)cc1. The quantitative estimate of drug-likeness (QED) is 0.864. The average molecular weight is 346 g/mol. The Bertz CT molecular complexity index is 766. The molecule has 1 fully saturated rings. The van der Waals surface area contributed by atoms with E-state index in [0.29, 0.717) is 37.4 Å². The van der Waals surface area contributed by atoms with Crippen LogP contribution in [-0.2, 0) is 16.1 Å². The lowest BCUT2D eigenvalue weighted by Gasteiger charge is -2.31. The highest BCUT2D eigenvalue weighted by Crippen LogP contribution is 2.18. The van der Waals surface area contributed by atoms with Gasteiger partial charge in [0.1, 0.15) is 0 Å². The third-order valence-electron chi connectivity index (χ3n) is 4.21. The zero-order valence-electron chi connectivity index (χ0n) is 14.0. The molecule has 128 valence electrons. The molecule has 0 spiro atoms. The Morgan fingerprint density at radius 3 is 2.88 bits per heavy atom. The summed E-state index contributed by atoms with van der Waals surface area (Å²) in [6.45, 7) is 6.46. The van der Waals surface area contributed by atoms with Crippen LogP contribution in [0.25, 0.3) is 11.4 Å². The molecule has 6 nitrogen and oxygen atoms in total. The van der Waals surface area contributed by atoms with E-state index in [-0.39, 0.29) is 12.0 Å². The van der Waals surface area contributed by atoms with Crippen LogP contribution in [0, 0.1) is 11.7 Å². The maximum atomic E-state index is 12.4. The first-order chi connectivity index (χ1) is 11.5. The number of H-pyrrole nitrogens is 1. The Morgan fingerprint density at radius 1 is 1.42 bits per heavy atom. The van der Waals surface area contributed by atoms with Crippen molar-refractivity contribution in [2.75, 3.05) is 19.7 Å². The zero-order chi connectivity index (χ0) is 17.1. The smallest absolute Gasteiger partial charge is 0.224 e. The molecule has 1 amide bonds. The number of benzene rings is 1. The molecule has 2 heterocycles. The Kier molecular flexibility index (Phi) is 5.11. The minimum Gasteiger partial charge on any atom is -0.375 e. The highest BCUT2D eigenvalue weighted by Gasteiger charge is 2.21. The summed E-state index contributed by atoms with van der Waals surface area (Å²) in [5.41, 5.74) is 2.18. The number of rotatable bonds is 4. The number of hydrogen-bond donors (Lipinski definition) is 1. The molecule has 1 aromatic heterocycles. The van der Waals surface area contributed by atoms with E-state index in [9.17, 15) is 4.79 Å². The van der Waals surface area contributed by atoms with Gasteiger partial charge in [0, 0.05) is 31.6 Å². The summed E-state index contributed by atoms with van der Waals surface area (Å²) in [7, 11) is 0. The molecule has 0 radical (unpaired) electrons. The number of carbonyl (C=O) groups excluding carboxylic acids is 1. The predicted octanol–water partition coefficient (Wildman–Crippen LogP) is 2.55. The fourth-order valence-corrected chi connectivity index (χ4v) is 3.08. The van der Waals surface area contributed by atoms with E-state index in [2.05, 4.69) is 10.2 Å². The average Bonchev–Trinajstić information content (AvgIpc) is 2.94. The monoisotopic (exact) mass is 346 g/mol. The van der Waals surface area contributed by atoms with Crippen molar-refractivity contribution in [1.29, 1.82) is 0 Å². The minimum absolute atomic E-state index is 0.0990. The van der Waals surface area contributed by atoms with Crippen molar-refractivity contribution < 1.29 is 9.53 Å². The molecule has 0 bridgehead atoms. The van der Waals surface area contributed by atoms with Gasteiger partial charge in [-0.25, -0.2) is 0 Å². The lowest BCUT2D eigenvalue weighted by atomic mass is 10.1. The third-order valence-corrected chi connectivity index (χ3v) is 4.52. The number of nitrogens with one attached hydrogen (secondary N) is 1. The molecule has 0 unspecified atom stereocenters. The van der Waals surface area contributed by atoms with Crippen LogP contribution in [0.4, 0.5) is 0 Å². The molecule has 1 aliphatic rings. The number of ether oxygens (including phenoxy) is 1. The Labute approximate surface area is 146 Å². The molecule has 1 aromatic carbocycles. The number of aromatic nitrogens is 3. The van der Waals surface area contributed by atoms with Gasteiger partial charge in [-0.1, -0.05) is 29.8 Å². The van der Waals surface area contributed by atoms with E-state index in [1.165, 1.54) is 5.56 Å². The van der Waals surface area contributed by atoms with Crippen LogP contribution in [0.1, 0.15) is 18.9 Å². The fourth-order valence-electron chi connectivity index (χ4n) is 2.86. The number of morpholine rings is 1. The van der Waals surface area contributed by atoms with Crippen LogP contribution in [0.2, 0.25) is 0 Å². The minimum atomic E-state index is 0.0990. The second kappa shape index (κ2) is 7.27. The normalized spacial score (nSPS) is 17.9. The molecule has 1 saturated heterocycles. The molecular formula is C17H22N4O2S. The zero-order valence-corrected chi connectivity index (χ0v) is 14.8. The van der Waals surface area contributed by atoms with Crippen molar-refractivity contribution >= 4 is 18.1 Å². The van der Waals surface area contributed by atoms with E-state index < -0.39 is 0 Å². The van der Waals surface area contributed by atoms with Crippen molar-refractivity contribution in [2.45, 2.75) is 32.9 Å². The first-order valence-corrected chi connectivity index (χ1v) is 8.57. The summed E-state index contributed by atoms with van der Waals surface area (Å²) >= 11 is 5.33. The maximum Gasteiger partial charge on any atom is 0.224 e. The number of carbonyl (C=O) groups is 1. The van der Waals surface area contributed by atoms with Gasteiger partial charge in [-0.3, -0.25) is 14.5 Å². The first-order valence-electron chi connectivity index (χ1n) is 8.16. The summed E-state index contributed by atoms with van der Waals surface area (Å²) < 4.78 is 7.91. The van der Waals surface area contributed by atoms with Crippen molar-refractivity contribution in [3.63, 3.8) is 0 Å². The third kappa shape index (κ3) is 3.73. The van der Waals surface area contributed by atoms with Crippen molar-refractivity contribution in [2.24, 2.45) is 0 Å². The number of nitrogens with zero attached hydrogens (tertiary/aromatic N) is 3. The Hall–Kier alpha value is -1.99. The van der Waals surface area contributed by atoms with Gasteiger partial charge in [0.2, 0.25) is 5.91 Å². The highest BCUT2D eigenvalue weighted by molar-refractivity contribution is 7.71. The first kappa shape index (κ1) is 16.9.